The molecule has 6 rings (SSSR count). The minimum atomic E-state index is 0.120. The van der Waals surface area contributed by atoms with Crippen LogP contribution in [-0.2, 0) is 9.53 Å². The predicted octanol–water partition coefficient (Wildman–Crippen LogP) is 3.77. The molecule has 2 fully saturated rings. The standard InChI is InChI=1S/C25H27N7O2/c1-16-15-34-12-11-31(16)23-13-20(21-14-27-32(24(21)29-23)22-9-10-26-30-22)17-5-7-19(8-6-17)28-25(33)18-3-2-4-18/h5-10,13-14,16,18H,2-4,11-12,15H2,1H3,(H,26,30)(H,28,33)/t16-/m1/s1. The van der Waals surface area contributed by atoms with Crippen molar-refractivity contribution in [2.24, 2.45) is 5.92 Å². The SMILES string of the molecule is C[C@@H]1COCCN1c1cc(-c2ccc(NC(=O)C3CCC3)cc2)c2cnn(-c3ccn[nH]3)c2n1. The molecule has 4 aromatic rings. The summed E-state index contributed by atoms with van der Waals surface area (Å²) in [4.78, 5) is 19.6. The number of morpholine rings is 1. The van der Waals surface area contributed by atoms with Gasteiger partial charge in [0, 0.05) is 29.6 Å². The number of aromatic amines is 1. The van der Waals surface area contributed by atoms with Crippen molar-refractivity contribution in [1.29, 1.82) is 0 Å². The Morgan fingerprint density at radius 1 is 1.21 bits per heavy atom. The first-order chi connectivity index (χ1) is 16.7. The summed E-state index contributed by atoms with van der Waals surface area (Å²) in [5, 5.41) is 15.7. The third-order valence-corrected chi connectivity index (χ3v) is 6.84. The molecule has 1 aromatic carbocycles. The zero-order valence-electron chi connectivity index (χ0n) is 19.1. The molecule has 0 spiro atoms. The molecular weight excluding hydrogens is 430 g/mol. The van der Waals surface area contributed by atoms with Gasteiger partial charge in [0.15, 0.2) is 11.5 Å². The third-order valence-electron chi connectivity index (χ3n) is 6.84. The van der Waals surface area contributed by atoms with E-state index in [2.05, 4.69) is 38.5 Å². The van der Waals surface area contributed by atoms with Crippen molar-refractivity contribution in [1.82, 2.24) is 25.0 Å². The molecule has 174 valence electrons. The number of rotatable bonds is 5. The molecule has 0 radical (unpaired) electrons. The van der Waals surface area contributed by atoms with Crippen molar-refractivity contribution in [3.63, 3.8) is 0 Å². The van der Waals surface area contributed by atoms with Crippen LogP contribution < -0.4 is 10.2 Å². The number of pyridine rings is 1. The molecule has 4 heterocycles. The molecule has 9 nitrogen and oxygen atoms in total. The van der Waals surface area contributed by atoms with E-state index in [-0.39, 0.29) is 17.9 Å². The first kappa shape index (κ1) is 20.9. The van der Waals surface area contributed by atoms with Crippen molar-refractivity contribution in [3.8, 4) is 16.9 Å². The van der Waals surface area contributed by atoms with Crippen LogP contribution in [-0.4, -0.2) is 56.7 Å². The molecule has 1 amide bonds. The Hall–Kier alpha value is -3.72. The van der Waals surface area contributed by atoms with Gasteiger partial charge in [-0.15, -0.1) is 0 Å². The molecule has 1 saturated heterocycles. The van der Waals surface area contributed by atoms with Gasteiger partial charge in [-0.2, -0.15) is 14.9 Å². The highest BCUT2D eigenvalue weighted by molar-refractivity contribution is 5.96. The summed E-state index contributed by atoms with van der Waals surface area (Å²) in [6.45, 7) is 4.28. The Morgan fingerprint density at radius 2 is 2.06 bits per heavy atom. The molecule has 1 saturated carbocycles. The number of ether oxygens (including phenoxy) is 1. The molecule has 0 unspecified atom stereocenters. The highest BCUT2D eigenvalue weighted by Gasteiger charge is 2.26. The molecule has 34 heavy (non-hydrogen) atoms. The molecule has 1 aliphatic carbocycles. The minimum absolute atomic E-state index is 0.120. The molecular formula is C25H27N7O2. The second-order valence-electron chi connectivity index (χ2n) is 9.08. The lowest BCUT2D eigenvalue weighted by Crippen LogP contribution is -2.44. The van der Waals surface area contributed by atoms with Crippen LogP contribution in [0.15, 0.2) is 48.8 Å². The Labute approximate surface area is 197 Å². The summed E-state index contributed by atoms with van der Waals surface area (Å²) in [6, 6.07) is 12.3. The number of carbonyl (C=O) groups is 1. The number of nitrogens with zero attached hydrogens (tertiary/aromatic N) is 5. The second-order valence-corrected chi connectivity index (χ2v) is 9.08. The maximum Gasteiger partial charge on any atom is 0.227 e. The fourth-order valence-electron chi connectivity index (χ4n) is 4.63. The van der Waals surface area contributed by atoms with Crippen LogP contribution in [0.5, 0.6) is 0 Å². The normalized spacial score (nSPS) is 18.7. The van der Waals surface area contributed by atoms with E-state index in [9.17, 15) is 4.79 Å². The topological polar surface area (TPSA) is 101 Å². The van der Waals surface area contributed by atoms with Gasteiger partial charge in [0.2, 0.25) is 5.91 Å². The predicted molar refractivity (Wildman–Crippen MR) is 130 cm³/mol. The van der Waals surface area contributed by atoms with E-state index in [0.29, 0.717) is 13.2 Å². The van der Waals surface area contributed by atoms with E-state index in [1.165, 1.54) is 0 Å². The van der Waals surface area contributed by atoms with E-state index in [1.54, 1.807) is 10.9 Å². The number of H-pyrrole nitrogens is 1. The Bertz CT molecular complexity index is 1310. The molecule has 2 aliphatic rings. The zero-order chi connectivity index (χ0) is 23.1. The van der Waals surface area contributed by atoms with E-state index >= 15 is 0 Å². The second kappa shape index (κ2) is 8.57. The molecule has 1 atom stereocenters. The molecule has 3 aromatic heterocycles. The van der Waals surface area contributed by atoms with Gasteiger partial charge in [-0.1, -0.05) is 18.6 Å². The number of fused-ring (bicyclic) bond motifs is 1. The first-order valence-electron chi connectivity index (χ1n) is 11.8. The van der Waals surface area contributed by atoms with Crippen LogP contribution in [0.2, 0.25) is 0 Å². The monoisotopic (exact) mass is 457 g/mol. The summed E-state index contributed by atoms with van der Waals surface area (Å²) in [7, 11) is 0. The lowest BCUT2D eigenvalue weighted by molar-refractivity contribution is -0.122. The third kappa shape index (κ3) is 3.71. The number of benzene rings is 1. The van der Waals surface area contributed by atoms with Gasteiger partial charge in [-0.05, 0) is 49.1 Å². The van der Waals surface area contributed by atoms with Crippen molar-refractivity contribution in [3.05, 3.63) is 48.8 Å². The largest absolute Gasteiger partial charge is 0.377 e. The summed E-state index contributed by atoms with van der Waals surface area (Å²) in [5.41, 5.74) is 3.67. The van der Waals surface area contributed by atoms with Crippen molar-refractivity contribution in [2.75, 3.05) is 30.0 Å². The average Bonchev–Trinajstić information content (AvgIpc) is 3.48. The number of aromatic nitrogens is 5. The Kier molecular flexibility index (Phi) is 5.26. The zero-order valence-corrected chi connectivity index (χ0v) is 19.1. The van der Waals surface area contributed by atoms with E-state index < -0.39 is 0 Å². The van der Waals surface area contributed by atoms with Crippen LogP contribution in [0.25, 0.3) is 28.0 Å². The van der Waals surface area contributed by atoms with Crippen LogP contribution in [0, 0.1) is 5.92 Å². The Morgan fingerprint density at radius 3 is 2.76 bits per heavy atom. The van der Waals surface area contributed by atoms with Crippen molar-refractivity contribution >= 4 is 28.4 Å². The highest BCUT2D eigenvalue weighted by Crippen LogP contribution is 2.34. The Balaban J connectivity index is 1.41. The summed E-state index contributed by atoms with van der Waals surface area (Å²) in [5.74, 6) is 1.93. The van der Waals surface area contributed by atoms with E-state index in [0.717, 1.165) is 65.3 Å². The van der Waals surface area contributed by atoms with Gasteiger partial charge in [-0.3, -0.25) is 9.89 Å². The van der Waals surface area contributed by atoms with Crippen LogP contribution in [0.1, 0.15) is 26.2 Å². The lowest BCUT2D eigenvalue weighted by atomic mass is 9.85. The molecule has 0 bridgehead atoms. The molecule has 9 heteroatoms. The van der Waals surface area contributed by atoms with Gasteiger partial charge in [0.1, 0.15) is 5.82 Å². The van der Waals surface area contributed by atoms with Crippen molar-refractivity contribution in [2.45, 2.75) is 32.2 Å². The first-order valence-corrected chi connectivity index (χ1v) is 11.8. The average molecular weight is 458 g/mol. The number of amides is 1. The van der Waals surface area contributed by atoms with E-state index in [4.69, 9.17) is 9.72 Å². The minimum Gasteiger partial charge on any atom is -0.377 e. The highest BCUT2D eigenvalue weighted by atomic mass is 16.5. The van der Waals surface area contributed by atoms with Crippen LogP contribution >= 0.6 is 0 Å². The van der Waals surface area contributed by atoms with Gasteiger partial charge in [-0.25, -0.2) is 4.98 Å². The number of hydrogen-bond acceptors (Lipinski definition) is 6. The fourth-order valence-corrected chi connectivity index (χ4v) is 4.63. The fraction of sp³-hybridized carbons (Fsp3) is 0.360. The van der Waals surface area contributed by atoms with Crippen molar-refractivity contribution < 1.29 is 9.53 Å². The molecule has 2 N–H and O–H groups in total. The number of carbonyl (C=O) groups excluding carboxylic acids is 1. The van der Waals surface area contributed by atoms with Gasteiger partial charge in [0.25, 0.3) is 0 Å². The summed E-state index contributed by atoms with van der Waals surface area (Å²) < 4.78 is 7.43. The van der Waals surface area contributed by atoms with E-state index in [1.807, 2.05) is 36.5 Å². The van der Waals surface area contributed by atoms with Gasteiger partial charge >= 0.3 is 0 Å². The molecule has 1 aliphatic heterocycles. The quantitative estimate of drug-likeness (QED) is 0.473. The number of anilines is 2. The smallest absolute Gasteiger partial charge is 0.227 e. The summed E-state index contributed by atoms with van der Waals surface area (Å²) >= 11 is 0. The number of hydrogen-bond donors (Lipinski definition) is 2. The summed E-state index contributed by atoms with van der Waals surface area (Å²) in [6.07, 6.45) is 6.67. The van der Waals surface area contributed by atoms with Gasteiger partial charge < -0.3 is 15.0 Å². The van der Waals surface area contributed by atoms with Gasteiger partial charge in [0.05, 0.1) is 31.6 Å². The number of nitrogens with one attached hydrogen (secondary N) is 2. The van der Waals surface area contributed by atoms with Crippen LogP contribution in [0.3, 0.4) is 0 Å². The van der Waals surface area contributed by atoms with Crippen LogP contribution in [0.4, 0.5) is 11.5 Å². The lowest BCUT2D eigenvalue weighted by Gasteiger charge is -2.34. The maximum absolute atomic E-state index is 12.3. The maximum atomic E-state index is 12.3.